The summed E-state index contributed by atoms with van der Waals surface area (Å²) in [7, 11) is 0. The summed E-state index contributed by atoms with van der Waals surface area (Å²) in [6.45, 7) is 5.63. The molecule has 2 fully saturated rings. The molecule has 0 aromatic heterocycles. The molecule has 0 spiro atoms. The summed E-state index contributed by atoms with van der Waals surface area (Å²) in [5, 5.41) is 12.3. The third-order valence-corrected chi connectivity index (χ3v) is 6.55. The number of amides is 2. The van der Waals surface area contributed by atoms with Crippen molar-refractivity contribution in [1.29, 1.82) is 0 Å². The average molecular weight is 387 g/mol. The molecule has 142 valence electrons. The maximum atomic E-state index is 13.2. The van der Waals surface area contributed by atoms with Gasteiger partial charge in [0, 0.05) is 5.25 Å². The molecule has 0 bridgehead atoms. The third-order valence-electron chi connectivity index (χ3n) is 5.24. The lowest BCUT2D eigenvalue weighted by molar-refractivity contribution is -0.162. The SMILES string of the molecule is CC1C=C(C(=O)O)N2C(=O)C(N3C(=O)C(c4ccccc4)NC3(C)C)[C@H]2S1. The number of fused-ring (bicyclic) bond motifs is 1. The number of nitrogens with one attached hydrogen (secondary N) is 1. The first-order chi connectivity index (χ1) is 12.7. The Labute approximate surface area is 161 Å². The Hall–Kier alpha value is -2.32. The third kappa shape index (κ3) is 2.66. The van der Waals surface area contributed by atoms with Crippen LogP contribution in [-0.4, -0.2) is 55.0 Å². The first-order valence-corrected chi connectivity index (χ1v) is 9.76. The highest BCUT2D eigenvalue weighted by atomic mass is 32.2. The number of nitrogens with zero attached hydrogens (tertiary/aromatic N) is 2. The van der Waals surface area contributed by atoms with Crippen LogP contribution in [0.3, 0.4) is 0 Å². The molecule has 1 aromatic rings. The van der Waals surface area contributed by atoms with Crippen molar-refractivity contribution < 1.29 is 19.5 Å². The fourth-order valence-corrected chi connectivity index (χ4v) is 5.44. The fraction of sp³-hybridized carbons (Fsp3) is 0.421. The van der Waals surface area contributed by atoms with Gasteiger partial charge in [0.15, 0.2) is 0 Å². The number of β-lactam (4-membered cyclic amide) rings is 1. The van der Waals surface area contributed by atoms with Crippen molar-refractivity contribution in [3.63, 3.8) is 0 Å². The number of hydrogen-bond donors (Lipinski definition) is 2. The minimum absolute atomic E-state index is 0.00419. The Morgan fingerprint density at radius 1 is 1.19 bits per heavy atom. The second-order valence-corrected chi connectivity index (χ2v) is 9.00. The number of benzene rings is 1. The normalized spacial score (nSPS) is 32.0. The molecule has 27 heavy (non-hydrogen) atoms. The summed E-state index contributed by atoms with van der Waals surface area (Å²) in [6, 6.07) is 8.20. The minimum atomic E-state index is -1.12. The number of aliphatic carboxylic acids is 1. The molecule has 1 aromatic carbocycles. The molecule has 4 rings (SSSR count). The van der Waals surface area contributed by atoms with Crippen molar-refractivity contribution in [2.45, 2.75) is 49.1 Å². The number of rotatable bonds is 3. The number of thioether (sulfide) groups is 1. The average Bonchev–Trinajstić information content (AvgIpc) is 2.85. The largest absolute Gasteiger partial charge is 0.477 e. The predicted octanol–water partition coefficient (Wildman–Crippen LogP) is 1.54. The van der Waals surface area contributed by atoms with Crippen LogP contribution in [0, 0.1) is 0 Å². The van der Waals surface area contributed by atoms with E-state index < -0.39 is 23.7 Å². The first kappa shape index (κ1) is 18.1. The zero-order valence-electron chi connectivity index (χ0n) is 15.2. The van der Waals surface area contributed by atoms with Gasteiger partial charge in [0.05, 0.1) is 5.66 Å². The molecule has 4 atom stereocenters. The monoisotopic (exact) mass is 387 g/mol. The molecule has 2 saturated heterocycles. The lowest BCUT2D eigenvalue weighted by Crippen LogP contribution is -2.73. The van der Waals surface area contributed by atoms with E-state index in [2.05, 4.69) is 5.32 Å². The molecule has 2 amide bonds. The molecular formula is C19H21N3O4S. The van der Waals surface area contributed by atoms with Gasteiger partial charge in [0.1, 0.15) is 23.2 Å². The molecular weight excluding hydrogens is 366 g/mol. The molecule has 0 radical (unpaired) electrons. The number of carbonyl (C=O) groups is 3. The summed E-state index contributed by atoms with van der Waals surface area (Å²) >= 11 is 1.50. The van der Waals surface area contributed by atoms with Crippen molar-refractivity contribution in [1.82, 2.24) is 15.1 Å². The lowest BCUT2D eigenvalue weighted by Gasteiger charge is -2.54. The van der Waals surface area contributed by atoms with E-state index in [0.29, 0.717) is 0 Å². The van der Waals surface area contributed by atoms with E-state index in [0.717, 1.165) is 5.56 Å². The van der Waals surface area contributed by atoms with Gasteiger partial charge >= 0.3 is 5.97 Å². The highest BCUT2D eigenvalue weighted by molar-refractivity contribution is 8.00. The quantitative estimate of drug-likeness (QED) is 0.765. The summed E-state index contributed by atoms with van der Waals surface area (Å²) in [5.74, 6) is -1.62. The Kier molecular flexibility index (Phi) is 4.08. The van der Waals surface area contributed by atoms with Crippen LogP contribution in [-0.2, 0) is 14.4 Å². The molecule has 3 heterocycles. The molecule has 3 aliphatic rings. The number of carboxylic acids is 1. The van der Waals surface area contributed by atoms with E-state index in [1.54, 1.807) is 11.0 Å². The van der Waals surface area contributed by atoms with Gasteiger partial charge in [-0.1, -0.05) is 30.3 Å². The molecule has 2 N–H and O–H groups in total. The summed E-state index contributed by atoms with van der Waals surface area (Å²) in [5.41, 5.74) is 0.125. The summed E-state index contributed by atoms with van der Waals surface area (Å²) in [6.07, 6.45) is 1.58. The van der Waals surface area contributed by atoms with Gasteiger partial charge in [-0.05, 0) is 32.4 Å². The zero-order chi connectivity index (χ0) is 19.5. The molecule has 3 unspecified atom stereocenters. The van der Waals surface area contributed by atoms with Crippen molar-refractivity contribution in [2.24, 2.45) is 0 Å². The van der Waals surface area contributed by atoms with E-state index >= 15 is 0 Å². The summed E-state index contributed by atoms with van der Waals surface area (Å²) < 4.78 is 0. The van der Waals surface area contributed by atoms with Crippen molar-refractivity contribution >= 4 is 29.5 Å². The lowest BCUT2D eigenvalue weighted by atomic mass is 9.99. The smallest absolute Gasteiger partial charge is 0.352 e. The Bertz CT molecular complexity index is 854. The van der Waals surface area contributed by atoms with Gasteiger partial charge in [-0.2, -0.15) is 0 Å². The van der Waals surface area contributed by atoms with Gasteiger partial charge in [-0.25, -0.2) is 4.79 Å². The second kappa shape index (κ2) is 6.10. The van der Waals surface area contributed by atoms with Crippen LogP contribution in [0.2, 0.25) is 0 Å². The number of hydrogen-bond acceptors (Lipinski definition) is 5. The minimum Gasteiger partial charge on any atom is -0.477 e. The van der Waals surface area contributed by atoms with Crippen LogP contribution >= 0.6 is 11.8 Å². The number of carbonyl (C=O) groups excluding carboxylic acids is 2. The van der Waals surface area contributed by atoms with Crippen LogP contribution in [0.4, 0.5) is 0 Å². The maximum Gasteiger partial charge on any atom is 0.352 e. The Balaban J connectivity index is 1.66. The molecule has 8 heteroatoms. The highest BCUT2D eigenvalue weighted by Gasteiger charge is 2.61. The topological polar surface area (TPSA) is 90.0 Å². The fourth-order valence-electron chi connectivity index (χ4n) is 4.07. The first-order valence-electron chi connectivity index (χ1n) is 8.82. The second-order valence-electron chi connectivity index (χ2n) is 7.50. The van der Waals surface area contributed by atoms with Gasteiger partial charge in [0.2, 0.25) is 5.91 Å². The highest BCUT2D eigenvalue weighted by Crippen LogP contribution is 2.46. The Morgan fingerprint density at radius 3 is 2.48 bits per heavy atom. The summed E-state index contributed by atoms with van der Waals surface area (Å²) in [4.78, 5) is 40.5. The van der Waals surface area contributed by atoms with Crippen LogP contribution in [0.15, 0.2) is 42.1 Å². The van der Waals surface area contributed by atoms with Gasteiger partial charge in [0.25, 0.3) is 5.91 Å². The van der Waals surface area contributed by atoms with Gasteiger partial charge in [-0.3, -0.25) is 19.8 Å². The Morgan fingerprint density at radius 2 is 1.85 bits per heavy atom. The van der Waals surface area contributed by atoms with Crippen LogP contribution < -0.4 is 5.32 Å². The predicted molar refractivity (Wildman–Crippen MR) is 100 cm³/mol. The van der Waals surface area contributed by atoms with E-state index in [1.807, 2.05) is 51.1 Å². The van der Waals surface area contributed by atoms with E-state index in [-0.39, 0.29) is 28.1 Å². The van der Waals surface area contributed by atoms with Gasteiger partial charge in [-0.15, -0.1) is 11.8 Å². The molecule has 7 nitrogen and oxygen atoms in total. The van der Waals surface area contributed by atoms with Crippen LogP contribution in [0.5, 0.6) is 0 Å². The maximum absolute atomic E-state index is 13.2. The molecule has 3 aliphatic heterocycles. The van der Waals surface area contributed by atoms with Crippen molar-refractivity contribution in [3.05, 3.63) is 47.7 Å². The molecule has 0 aliphatic carbocycles. The standard InChI is InChI=1S/C19H21N3O4S/c1-10-9-12(18(25)26)21-16(24)14(17(21)27-10)22-15(23)13(20-19(22,2)3)11-7-5-4-6-8-11/h4-10,13-14,17,20H,1-3H3,(H,25,26)/t10?,13?,14?,17-/m1/s1. The van der Waals surface area contributed by atoms with Crippen LogP contribution in [0.25, 0.3) is 0 Å². The van der Waals surface area contributed by atoms with E-state index in [9.17, 15) is 19.5 Å². The molecule has 0 saturated carbocycles. The van der Waals surface area contributed by atoms with Crippen molar-refractivity contribution in [3.8, 4) is 0 Å². The van der Waals surface area contributed by atoms with Crippen LogP contribution in [0.1, 0.15) is 32.4 Å². The van der Waals surface area contributed by atoms with Gasteiger partial charge < -0.3 is 10.0 Å². The van der Waals surface area contributed by atoms with E-state index in [1.165, 1.54) is 16.7 Å². The van der Waals surface area contributed by atoms with E-state index in [4.69, 9.17) is 0 Å². The zero-order valence-corrected chi connectivity index (χ0v) is 16.1. The van der Waals surface area contributed by atoms with Crippen molar-refractivity contribution in [2.75, 3.05) is 0 Å². The number of carboxylic acid groups (broad SMARTS) is 1.